The van der Waals surface area contributed by atoms with Crippen molar-refractivity contribution in [3.05, 3.63) is 70.7 Å². The molecule has 0 aromatic heterocycles. The van der Waals surface area contributed by atoms with Crippen LogP contribution in [0.5, 0.6) is 0 Å². The first-order valence-corrected chi connectivity index (χ1v) is 6.10. The average Bonchev–Trinajstić information content (AvgIpc) is 3.20. The van der Waals surface area contributed by atoms with Gasteiger partial charge >= 0.3 is 0 Å². The Bertz CT molecular complexity index is 588. The molecule has 2 nitrogen and oxygen atoms in total. The lowest BCUT2D eigenvalue weighted by molar-refractivity contribution is 0.0871. The van der Waals surface area contributed by atoms with Gasteiger partial charge in [-0.1, -0.05) is 54.1 Å². The number of Topliss-reactive ketones (excluding diaryl/α,β-unsaturated/α-hetero) is 1. The fourth-order valence-corrected chi connectivity index (χ4v) is 2.26. The van der Waals surface area contributed by atoms with Crippen molar-refractivity contribution in [2.24, 2.45) is 0 Å². The third kappa shape index (κ3) is 1.84. The number of epoxide rings is 1. The summed E-state index contributed by atoms with van der Waals surface area (Å²) < 4.78 is 5.45. The molecular weight excluding hydrogens is 248 g/mol. The van der Waals surface area contributed by atoms with Crippen molar-refractivity contribution < 1.29 is 9.53 Å². The average molecular weight is 259 g/mol. The van der Waals surface area contributed by atoms with E-state index in [0.717, 1.165) is 5.56 Å². The Morgan fingerprint density at radius 1 is 1.11 bits per heavy atom. The van der Waals surface area contributed by atoms with E-state index in [-0.39, 0.29) is 5.78 Å². The smallest absolute Gasteiger partial charge is 0.201 e. The summed E-state index contributed by atoms with van der Waals surface area (Å²) in [6.45, 7) is 0.433. The van der Waals surface area contributed by atoms with Gasteiger partial charge in [0.25, 0.3) is 0 Å². The molecule has 3 rings (SSSR count). The summed E-state index contributed by atoms with van der Waals surface area (Å²) in [4.78, 5) is 12.5. The molecule has 1 fully saturated rings. The van der Waals surface area contributed by atoms with Gasteiger partial charge in [-0.05, 0) is 17.7 Å². The maximum atomic E-state index is 12.5. The maximum Gasteiger partial charge on any atom is 0.201 e. The Hall–Kier alpha value is -1.64. The van der Waals surface area contributed by atoms with E-state index >= 15 is 0 Å². The molecule has 1 aliphatic rings. The van der Waals surface area contributed by atoms with Gasteiger partial charge in [-0.15, -0.1) is 0 Å². The molecule has 1 unspecified atom stereocenters. The summed E-state index contributed by atoms with van der Waals surface area (Å²) in [5.74, 6) is -0.0313. The Morgan fingerprint density at radius 2 is 1.83 bits per heavy atom. The SMILES string of the molecule is O=C(c1cccc(Cl)c1)C1(c2ccccc2)CO1. The first-order chi connectivity index (χ1) is 8.72. The number of hydrogen-bond donors (Lipinski definition) is 0. The number of ether oxygens (including phenoxy) is 1. The zero-order chi connectivity index (χ0) is 12.6. The Balaban J connectivity index is 1.98. The van der Waals surface area contributed by atoms with E-state index in [9.17, 15) is 4.79 Å². The van der Waals surface area contributed by atoms with Crippen LogP contribution in [0.4, 0.5) is 0 Å². The summed E-state index contributed by atoms with van der Waals surface area (Å²) >= 11 is 5.91. The lowest BCUT2D eigenvalue weighted by atomic mass is 9.91. The van der Waals surface area contributed by atoms with E-state index in [1.807, 2.05) is 30.3 Å². The van der Waals surface area contributed by atoms with E-state index in [4.69, 9.17) is 16.3 Å². The molecule has 1 atom stereocenters. The molecule has 0 saturated carbocycles. The lowest BCUT2D eigenvalue weighted by Gasteiger charge is -2.11. The third-order valence-electron chi connectivity index (χ3n) is 3.13. The first-order valence-electron chi connectivity index (χ1n) is 5.72. The van der Waals surface area contributed by atoms with Gasteiger partial charge in [0, 0.05) is 10.6 Å². The largest absolute Gasteiger partial charge is 0.356 e. The third-order valence-corrected chi connectivity index (χ3v) is 3.36. The highest BCUT2D eigenvalue weighted by atomic mass is 35.5. The molecule has 90 valence electrons. The molecular formula is C15H11ClO2. The Kier molecular flexibility index (Phi) is 2.69. The number of rotatable bonds is 3. The number of carbonyl (C=O) groups excluding carboxylic acids is 1. The molecule has 1 aliphatic heterocycles. The topological polar surface area (TPSA) is 29.6 Å². The zero-order valence-corrected chi connectivity index (χ0v) is 10.4. The number of halogens is 1. The second-order valence-corrected chi connectivity index (χ2v) is 4.76. The van der Waals surface area contributed by atoms with Crippen molar-refractivity contribution in [2.75, 3.05) is 6.61 Å². The van der Waals surface area contributed by atoms with Crippen molar-refractivity contribution in [1.82, 2.24) is 0 Å². The number of ketones is 1. The molecule has 0 amide bonds. The summed E-state index contributed by atoms with van der Waals surface area (Å²) in [7, 11) is 0. The van der Waals surface area contributed by atoms with E-state index in [0.29, 0.717) is 17.2 Å². The van der Waals surface area contributed by atoms with E-state index in [1.54, 1.807) is 24.3 Å². The molecule has 2 aromatic rings. The van der Waals surface area contributed by atoms with Crippen molar-refractivity contribution in [1.29, 1.82) is 0 Å². The van der Waals surface area contributed by atoms with Crippen LogP contribution in [0.15, 0.2) is 54.6 Å². The molecule has 2 aromatic carbocycles. The first kappa shape index (κ1) is 11.5. The van der Waals surface area contributed by atoms with Gasteiger partial charge in [-0.25, -0.2) is 0 Å². The van der Waals surface area contributed by atoms with Gasteiger partial charge in [0.1, 0.15) is 0 Å². The summed E-state index contributed by atoms with van der Waals surface area (Å²) in [6.07, 6.45) is 0. The number of hydrogen-bond acceptors (Lipinski definition) is 2. The Labute approximate surface area is 110 Å². The van der Waals surface area contributed by atoms with Crippen LogP contribution < -0.4 is 0 Å². The summed E-state index contributed by atoms with van der Waals surface area (Å²) in [5, 5.41) is 0.560. The van der Waals surface area contributed by atoms with Crippen molar-refractivity contribution in [3.8, 4) is 0 Å². The van der Waals surface area contributed by atoms with Gasteiger partial charge in [0.15, 0.2) is 5.60 Å². The van der Waals surface area contributed by atoms with Crippen LogP contribution in [0.3, 0.4) is 0 Å². The standard InChI is InChI=1S/C15H11ClO2/c16-13-8-4-5-11(9-13)14(17)15(10-18-15)12-6-2-1-3-7-12/h1-9H,10H2. The Morgan fingerprint density at radius 3 is 2.44 bits per heavy atom. The highest BCUT2D eigenvalue weighted by Crippen LogP contribution is 2.41. The molecule has 0 radical (unpaired) electrons. The normalized spacial score (nSPS) is 21.6. The molecule has 18 heavy (non-hydrogen) atoms. The van der Waals surface area contributed by atoms with E-state index in [2.05, 4.69) is 0 Å². The maximum absolute atomic E-state index is 12.5. The van der Waals surface area contributed by atoms with Crippen LogP contribution in [0.25, 0.3) is 0 Å². The van der Waals surface area contributed by atoms with Crippen LogP contribution in [-0.4, -0.2) is 12.4 Å². The van der Waals surface area contributed by atoms with Crippen molar-refractivity contribution in [2.45, 2.75) is 5.60 Å². The second kappa shape index (κ2) is 4.23. The lowest BCUT2D eigenvalue weighted by Crippen LogP contribution is -2.22. The molecule has 3 heteroatoms. The molecule has 1 saturated heterocycles. The van der Waals surface area contributed by atoms with Crippen LogP contribution in [0.2, 0.25) is 5.02 Å². The van der Waals surface area contributed by atoms with Gasteiger partial charge in [0.05, 0.1) is 6.61 Å². The van der Waals surface area contributed by atoms with E-state index in [1.165, 1.54) is 0 Å². The summed E-state index contributed by atoms with van der Waals surface area (Å²) in [5.41, 5.74) is 0.685. The number of carbonyl (C=O) groups is 1. The van der Waals surface area contributed by atoms with Gasteiger partial charge in [0.2, 0.25) is 5.78 Å². The fraction of sp³-hybridized carbons (Fsp3) is 0.133. The predicted octanol–water partition coefficient (Wildman–Crippen LogP) is 3.45. The van der Waals surface area contributed by atoms with E-state index < -0.39 is 5.60 Å². The molecule has 0 N–H and O–H groups in total. The van der Waals surface area contributed by atoms with Crippen LogP contribution in [0.1, 0.15) is 15.9 Å². The highest BCUT2D eigenvalue weighted by Gasteiger charge is 2.53. The fourth-order valence-electron chi connectivity index (χ4n) is 2.07. The van der Waals surface area contributed by atoms with Gasteiger partial charge in [-0.3, -0.25) is 4.79 Å². The van der Waals surface area contributed by atoms with Crippen LogP contribution in [-0.2, 0) is 10.3 Å². The van der Waals surface area contributed by atoms with Crippen molar-refractivity contribution >= 4 is 17.4 Å². The quantitative estimate of drug-likeness (QED) is 0.623. The second-order valence-electron chi connectivity index (χ2n) is 4.32. The minimum Gasteiger partial charge on any atom is -0.356 e. The predicted molar refractivity (Wildman–Crippen MR) is 69.9 cm³/mol. The molecule has 1 heterocycles. The van der Waals surface area contributed by atoms with Crippen LogP contribution >= 0.6 is 11.6 Å². The van der Waals surface area contributed by atoms with Gasteiger partial charge in [-0.2, -0.15) is 0 Å². The van der Waals surface area contributed by atoms with Gasteiger partial charge < -0.3 is 4.74 Å². The van der Waals surface area contributed by atoms with Crippen LogP contribution in [0, 0.1) is 0 Å². The molecule has 0 spiro atoms. The zero-order valence-electron chi connectivity index (χ0n) is 9.60. The minimum absolute atomic E-state index is 0.0313. The minimum atomic E-state index is -0.800. The molecule has 0 aliphatic carbocycles. The highest BCUT2D eigenvalue weighted by molar-refractivity contribution is 6.31. The summed E-state index contributed by atoms with van der Waals surface area (Å²) in [6, 6.07) is 16.5. The number of benzene rings is 2. The molecule has 0 bridgehead atoms. The van der Waals surface area contributed by atoms with Crippen molar-refractivity contribution in [3.63, 3.8) is 0 Å². The monoisotopic (exact) mass is 258 g/mol.